The average Bonchev–Trinajstić information content (AvgIpc) is 2.70. The van der Waals surface area contributed by atoms with Gasteiger partial charge < -0.3 is 0 Å². The Bertz CT molecular complexity index is 482. The van der Waals surface area contributed by atoms with Crippen molar-refractivity contribution in [2.24, 2.45) is 0 Å². The SMILES string of the molecule is Fc1ccc(-c2cc(CCl)[nH]n2)cc1F. The minimum absolute atomic E-state index is 0.302. The molecular weight excluding hydrogens is 222 g/mol. The van der Waals surface area contributed by atoms with Gasteiger partial charge in [0.05, 0.1) is 17.3 Å². The predicted octanol–water partition coefficient (Wildman–Crippen LogP) is 3.09. The molecule has 0 radical (unpaired) electrons. The highest BCUT2D eigenvalue weighted by atomic mass is 35.5. The number of nitrogens with zero attached hydrogens (tertiary/aromatic N) is 1. The molecule has 1 N–H and O–H groups in total. The lowest BCUT2D eigenvalue weighted by Crippen LogP contribution is -1.85. The molecule has 0 aliphatic carbocycles. The minimum atomic E-state index is -0.886. The van der Waals surface area contributed by atoms with Gasteiger partial charge in [0.1, 0.15) is 0 Å². The maximum Gasteiger partial charge on any atom is 0.159 e. The van der Waals surface area contributed by atoms with Gasteiger partial charge in [-0.05, 0) is 24.3 Å². The Balaban J connectivity index is 2.40. The van der Waals surface area contributed by atoms with Crippen LogP contribution in [0.2, 0.25) is 0 Å². The molecule has 1 heterocycles. The Morgan fingerprint density at radius 1 is 1.20 bits per heavy atom. The Labute approximate surface area is 89.9 Å². The molecule has 15 heavy (non-hydrogen) atoms. The van der Waals surface area contributed by atoms with Crippen LogP contribution in [0.25, 0.3) is 11.3 Å². The zero-order valence-corrected chi connectivity index (χ0v) is 8.35. The van der Waals surface area contributed by atoms with Crippen LogP contribution in [0.1, 0.15) is 5.69 Å². The van der Waals surface area contributed by atoms with Crippen molar-refractivity contribution in [3.63, 3.8) is 0 Å². The van der Waals surface area contributed by atoms with E-state index in [1.165, 1.54) is 6.07 Å². The molecule has 0 atom stereocenters. The Morgan fingerprint density at radius 2 is 2.00 bits per heavy atom. The van der Waals surface area contributed by atoms with E-state index in [2.05, 4.69) is 10.2 Å². The number of halogens is 3. The highest BCUT2D eigenvalue weighted by Gasteiger charge is 2.07. The first-order chi connectivity index (χ1) is 7.20. The zero-order valence-electron chi connectivity index (χ0n) is 7.60. The smallest absolute Gasteiger partial charge is 0.159 e. The predicted molar refractivity (Wildman–Crippen MR) is 53.5 cm³/mol. The van der Waals surface area contributed by atoms with Crippen LogP contribution in [0, 0.1) is 11.6 Å². The van der Waals surface area contributed by atoms with Crippen molar-refractivity contribution in [1.29, 1.82) is 0 Å². The standard InChI is InChI=1S/C10H7ClF2N2/c11-5-7-4-10(15-14-7)6-1-2-8(12)9(13)3-6/h1-4H,5H2,(H,14,15). The minimum Gasteiger partial charge on any atom is -0.281 e. The van der Waals surface area contributed by atoms with Gasteiger partial charge in [-0.15, -0.1) is 11.6 Å². The number of aromatic amines is 1. The third-order valence-corrected chi connectivity index (χ3v) is 2.28. The molecule has 0 aliphatic heterocycles. The van der Waals surface area contributed by atoms with E-state index in [1.807, 2.05) is 0 Å². The molecule has 0 amide bonds. The van der Waals surface area contributed by atoms with Gasteiger partial charge >= 0.3 is 0 Å². The van der Waals surface area contributed by atoms with Crippen LogP contribution >= 0.6 is 11.6 Å². The van der Waals surface area contributed by atoms with Gasteiger partial charge in [0.25, 0.3) is 0 Å². The fourth-order valence-electron chi connectivity index (χ4n) is 1.23. The molecule has 0 saturated heterocycles. The van der Waals surface area contributed by atoms with Crippen molar-refractivity contribution < 1.29 is 8.78 Å². The molecule has 0 aliphatic rings. The molecule has 1 aromatic carbocycles. The Morgan fingerprint density at radius 3 is 2.60 bits per heavy atom. The first-order valence-electron chi connectivity index (χ1n) is 4.26. The maximum atomic E-state index is 12.9. The van der Waals surface area contributed by atoms with Crippen LogP contribution in [0.15, 0.2) is 24.3 Å². The number of H-pyrrole nitrogens is 1. The first kappa shape index (κ1) is 10.1. The highest BCUT2D eigenvalue weighted by Crippen LogP contribution is 2.20. The van der Waals surface area contributed by atoms with E-state index >= 15 is 0 Å². The van der Waals surface area contributed by atoms with Crippen LogP contribution in [0.3, 0.4) is 0 Å². The molecule has 78 valence electrons. The van der Waals surface area contributed by atoms with Gasteiger partial charge in [0, 0.05) is 5.56 Å². The fraction of sp³-hybridized carbons (Fsp3) is 0.100. The van der Waals surface area contributed by atoms with Crippen molar-refractivity contribution in [3.8, 4) is 11.3 Å². The van der Waals surface area contributed by atoms with Crippen molar-refractivity contribution in [1.82, 2.24) is 10.2 Å². The van der Waals surface area contributed by atoms with Gasteiger partial charge in [0.15, 0.2) is 11.6 Å². The monoisotopic (exact) mass is 228 g/mol. The molecule has 5 heteroatoms. The number of nitrogens with one attached hydrogen (secondary N) is 1. The van der Waals surface area contributed by atoms with Crippen LogP contribution in [-0.4, -0.2) is 10.2 Å². The molecule has 0 saturated carbocycles. The van der Waals surface area contributed by atoms with Gasteiger partial charge in [0.2, 0.25) is 0 Å². The third-order valence-electron chi connectivity index (χ3n) is 1.99. The summed E-state index contributed by atoms with van der Waals surface area (Å²) >= 11 is 5.58. The topological polar surface area (TPSA) is 28.7 Å². The number of alkyl halides is 1. The Kier molecular flexibility index (Phi) is 2.68. The number of hydrogen-bond donors (Lipinski definition) is 1. The molecule has 0 unspecified atom stereocenters. The number of benzene rings is 1. The molecule has 0 bridgehead atoms. The van der Waals surface area contributed by atoms with Crippen molar-refractivity contribution in [2.75, 3.05) is 0 Å². The summed E-state index contributed by atoms with van der Waals surface area (Å²) in [5.41, 5.74) is 1.79. The van der Waals surface area contributed by atoms with Crippen LogP contribution in [0.4, 0.5) is 8.78 Å². The molecule has 2 nitrogen and oxygen atoms in total. The summed E-state index contributed by atoms with van der Waals surface area (Å²) in [6, 6.07) is 5.33. The summed E-state index contributed by atoms with van der Waals surface area (Å²) in [7, 11) is 0. The summed E-state index contributed by atoms with van der Waals surface area (Å²) in [6.07, 6.45) is 0. The van der Waals surface area contributed by atoms with E-state index in [4.69, 9.17) is 11.6 Å². The molecular formula is C10H7ClF2N2. The molecule has 0 fully saturated rings. The van der Waals surface area contributed by atoms with E-state index in [0.717, 1.165) is 17.8 Å². The normalized spacial score (nSPS) is 10.6. The zero-order chi connectivity index (χ0) is 10.8. The lowest BCUT2D eigenvalue weighted by molar-refractivity contribution is 0.509. The summed E-state index contributed by atoms with van der Waals surface area (Å²) < 4.78 is 25.6. The third kappa shape index (κ3) is 1.99. The van der Waals surface area contributed by atoms with Crippen molar-refractivity contribution in [2.45, 2.75) is 5.88 Å². The van der Waals surface area contributed by atoms with E-state index < -0.39 is 11.6 Å². The molecule has 2 rings (SSSR count). The Hall–Kier alpha value is -1.42. The second-order valence-electron chi connectivity index (χ2n) is 3.04. The quantitative estimate of drug-likeness (QED) is 0.787. The number of rotatable bonds is 2. The van der Waals surface area contributed by atoms with E-state index in [9.17, 15) is 8.78 Å². The van der Waals surface area contributed by atoms with E-state index in [0.29, 0.717) is 17.1 Å². The summed E-state index contributed by atoms with van der Waals surface area (Å²) in [5, 5.41) is 6.62. The van der Waals surface area contributed by atoms with Gasteiger partial charge in [-0.3, -0.25) is 5.10 Å². The second-order valence-corrected chi connectivity index (χ2v) is 3.31. The van der Waals surface area contributed by atoms with E-state index in [-0.39, 0.29) is 0 Å². The van der Waals surface area contributed by atoms with Crippen LogP contribution in [-0.2, 0) is 5.88 Å². The summed E-state index contributed by atoms with van der Waals surface area (Å²) in [4.78, 5) is 0. The first-order valence-corrected chi connectivity index (χ1v) is 4.80. The van der Waals surface area contributed by atoms with E-state index in [1.54, 1.807) is 6.07 Å². The van der Waals surface area contributed by atoms with Crippen molar-refractivity contribution in [3.05, 3.63) is 41.6 Å². The van der Waals surface area contributed by atoms with Gasteiger partial charge in [-0.25, -0.2) is 8.78 Å². The van der Waals surface area contributed by atoms with Gasteiger partial charge in [-0.2, -0.15) is 5.10 Å². The lowest BCUT2D eigenvalue weighted by atomic mass is 10.1. The van der Waals surface area contributed by atoms with Gasteiger partial charge in [-0.1, -0.05) is 0 Å². The highest BCUT2D eigenvalue weighted by molar-refractivity contribution is 6.16. The average molecular weight is 229 g/mol. The summed E-state index contributed by atoms with van der Waals surface area (Å²) in [6.45, 7) is 0. The number of aromatic nitrogens is 2. The largest absolute Gasteiger partial charge is 0.281 e. The van der Waals surface area contributed by atoms with Crippen LogP contribution in [0.5, 0.6) is 0 Å². The second kappa shape index (κ2) is 3.98. The maximum absolute atomic E-state index is 12.9. The fourth-order valence-corrected chi connectivity index (χ4v) is 1.37. The summed E-state index contributed by atoms with van der Waals surface area (Å²) in [5.74, 6) is -1.45. The van der Waals surface area contributed by atoms with Crippen molar-refractivity contribution >= 4 is 11.6 Å². The molecule has 1 aromatic heterocycles. The lowest BCUT2D eigenvalue weighted by Gasteiger charge is -1.96. The molecule has 0 spiro atoms. The van der Waals surface area contributed by atoms with Crippen LogP contribution < -0.4 is 0 Å². The molecule has 2 aromatic rings. The number of hydrogen-bond acceptors (Lipinski definition) is 1.